The van der Waals surface area contributed by atoms with E-state index in [0.717, 1.165) is 21.1 Å². The number of fused-ring (bicyclic) bond motifs is 1. The van der Waals surface area contributed by atoms with Gasteiger partial charge in [-0.05, 0) is 48.5 Å². The number of carbonyl (C=O) groups excluding carboxylic acids is 1. The van der Waals surface area contributed by atoms with E-state index in [1.54, 1.807) is 0 Å². The van der Waals surface area contributed by atoms with Crippen LogP contribution in [-0.4, -0.2) is 17.5 Å². The Morgan fingerprint density at radius 2 is 1.95 bits per heavy atom. The summed E-state index contributed by atoms with van der Waals surface area (Å²) in [5.74, 6) is 0.486. The zero-order valence-electron chi connectivity index (χ0n) is 11.1. The van der Waals surface area contributed by atoms with Crippen LogP contribution < -0.4 is 10.1 Å². The number of amides is 1. The van der Waals surface area contributed by atoms with Crippen molar-refractivity contribution >= 4 is 38.4 Å². The highest BCUT2D eigenvalue weighted by molar-refractivity contribution is 9.10. The Labute approximate surface area is 130 Å². The molecule has 21 heavy (non-hydrogen) atoms. The smallest absolute Gasteiger partial charge is 0.262 e. The molecule has 0 aliphatic heterocycles. The topological polar surface area (TPSA) is 54.1 Å². The first-order chi connectivity index (χ1) is 10.2. The number of benzene rings is 2. The van der Waals surface area contributed by atoms with Gasteiger partial charge in [0, 0.05) is 27.3 Å². The number of aromatic nitrogens is 1. The van der Waals surface area contributed by atoms with Crippen molar-refractivity contribution in [1.82, 2.24) is 4.98 Å². The van der Waals surface area contributed by atoms with E-state index in [2.05, 4.69) is 26.2 Å². The number of rotatable bonds is 4. The van der Waals surface area contributed by atoms with Gasteiger partial charge >= 0.3 is 0 Å². The summed E-state index contributed by atoms with van der Waals surface area (Å²) in [4.78, 5) is 14.9. The lowest BCUT2D eigenvalue weighted by atomic mass is 10.2. The second kappa shape index (κ2) is 6.01. The standard InChI is InChI=1S/C16H13BrN2O2/c17-12-1-3-13(4-2-12)19-16(20)10-21-14-5-6-15-11(9-14)7-8-18-15/h1-9,18H,10H2,(H,19,20). The molecule has 2 N–H and O–H groups in total. The number of carbonyl (C=O) groups is 1. The number of halogens is 1. The van der Waals surface area contributed by atoms with Gasteiger partial charge < -0.3 is 15.0 Å². The Morgan fingerprint density at radius 1 is 1.14 bits per heavy atom. The largest absolute Gasteiger partial charge is 0.484 e. The molecule has 1 aromatic heterocycles. The van der Waals surface area contributed by atoms with E-state index in [4.69, 9.17) is 4.74 Å². The number of anilines is 1. The van der Waals surface area contributed by atoms with E-state index < -0.39 is 0 Å². The third-order valence-corrected chi connectivity index (χ3v) is 3.55. The third kappa shape index (κ3) is 3.44. The Balaban J connectivity index is 1.58. The summed E-state index contributed by atoms with van der Waals surface area (Å²) in [5.41, 5.74) is 1.79. The van der Waals surface area contributed by atoms with Gasteiger partial charge in [-0.2, -0.15) is 0 Å². The van der Waals surface area contributed by atoms with Crippen LogP contribution in [-0.2, 0) is 4.79 Å². The summed E-state index contributed by atoms with van der Waals surface area (Å²) >= 11 is 3.35. The minimum absolute atomic E-state index is 0.0218. The summed E-state index contributed by atoms with van der Waals surface area (Å²) in [6.45, 7) is -0.0218. The highest BCUT2D eigenvalue weighted by atomic mass is 79.9. The van der Waals surface area contributed by atoms with Gasteiger partial charge in [-0.3, -0.25) is 4.79 Å². The molecule has 4 nitrogen and oxygen atoms in total. The zero-order chi connectivity index (χ0) is 14.7. The van der Waals surface area contributed by atoms with Crippen LogP contribution in [0, 0.1) is 0 Å². The fourth-order valence-corrected chi connectivity index (χ4v) is 2.26. The van der Waals surface area contributed by atoms with Crippen LogP contribution in [0.4, 0.5) is 5.69 Å². The highest BCUT2D eigenvalue weighted by Crippen LogP contribution is 2.19. The Bertz CT molecular complexity index is 765. The maximum absolute atomic E-state index is 11.8. The summed E-state index contributed by atoms with van der Waals surface area (Å²) in [6, 6.07) is 15.0. The van der Waals surface area contributed by atoms with E-state index in [1.807, 2.05) is 54.7 Å². The van der Waals surface area contributed by atoms with Crippen molar-refractivity contribution in [3.05, 3.63) is 59.2 Å². The number of nitrogens with one attached hydrogen (secondary N) is 2. The molecule has 0 atom stereocenters. The van der Waals surface area contributed by atoms with Crippen molar-refractivity contribution in [2.45, 2.75) is 0 Å². The Morgan fingerprint density at radius 3 is 2.76 bits per heavy atom. The van der Waals surface area contributed by atoms with Crippen molar-refractivity contribution in [3.8, 4) is 5.75 Å². The summed E-state index contributed by atoms with van der Waals surface area (Å²) in [5, 5.41) is 3.84. The van der Waals surface area contributed by atoms with Crippen LogP contribution >= 0.6 is 15.9 Å². The van der Waals surface area contributed by atoms with E-state index in [0.29, 0.717) is 5.75 Å². The van der Waals surface area contributed by atoms with Crippen molar-refractivity contribution < 1.29 is 9.53 Å². The second-order valence-corrected chi connectivity index (χ2v) is 5.49. The van der Waals surface area contributed by atoms with Gasteiger partial charge in [-0.25, -0.2) is 0 Å². The lowest BCUT2D eigenvalue weighted by Gasteiger charge is -2.07. The minimum atomic E-state index is -0.188. The van der Waals surface area contributed by atoms with E-state index in [-0.39, 0.29) is 12.5 Å². The minimum Gasteiger partial charge on any atom is -0.484 e. The molecule has 0 fully saturated rings. The molecule has 0 spiro atoms. The SMILES string of the molecule is O=C(COc1ccc2[nH]ccc2c1)Nc1ccc(Br)cc1. The van der Waals surface area contributed by atoms with Crippen LogP contribution in [0.5, 0.6) is 5.75 Å². The molecular formula is C16H13BrN2O2. The average Bonchev–Trinajstić information content (AvgIpc) is 2.95. The molecule has 2 aromatic carbocycles. The molecule has 0 radical (unpaired) electrons. The van der Waals surface area contributed by atoms with Crippen molar-refractivity contribution in [1.29, 1.82) is 0 Å². The average molecular weight is 345 g/mol. The quantitative estimate of drug-likeness (QED) is 0.752. The van der Waals surface area contributed by atoms with Gasteiger partial charge in [-0.1, -0.05) is 15.9 Å². The van der Waals surface area contributed by atoms with Crippen molar-refractivity contribution in [2.24, 2.45) is 0 Å². The molecule has 1 heterocycles. The lowest BCUT2D eigenvalue weighted by Crippen LogP contribution is -2.20. The van der Waals surface area contributed by atoms with Gasteiger partial charge in [0.1, 0.15) is 5.75 Å². The van der Waals surface area contributed by atoms with Gasteiger partial charge in [0.15, 0.2) is 6.61 Å². The molecule has 1 amide bonds. The molecule has 0 saturated heterocycles. The number of ether oxygens (including phenoxy) is 1. The van der Waals surface area contributed by atoms with E-state index >= 15 is 0 Å². The molecule has 0 bridgehead atoms. The summed E-state index contributed by atoms with van der Waals surface area (Å²) < 4.78 is 6.48. The lowest BCUT2D eigenvalue weighted by molar-refractivity contribution is -0.118. The first-order valence-electron chi connectivity index (χ1n) is 6.46. The molecule has 3 aromatic rings. The molecule has 0 aliphatic rings. The highest BCUT2D eigenvalue weighted by Gasteiger charge is 2.04. The fourth-order valence-electron chi connectivity index (χ4n) is 2.00. The molecule has 0 unspecified atom stereocenters. The maximum Gasteiger partial charge on any atom is 0.262 e. The van der Waals surface area contributed by atoms with Crippen LogP contribution in [0.3, 0.4) is 0 Å². The molecule has 0 aliphatic carbocycles. The molecule has 3 rings (SSSR count). The van der Waals surface area contributed by atoms with Crippen LogP contribution in [0.1, 0.15) is 0 Å². The number of aromatic amines is 1. The maximum atomic E-state index is 11.8. The predicted octanol–water partition coefficient (Wildman–Crippen LogP) is 3.95. The molecule has 5 heteroatoms. The molecule has 0 saturated carbocycles. The molecule has 106 valence electrons. The zero-order valence-corrected chi connectivity index (χ0v) is 12.7. The second-order valence-electron chi connectivity index (χ2n) is 4.57. The van der Waals surface area contributed by atoms with Gasteiger partial charge in [-0.15, -0.1) is 0 Å². The predicted molar refractivity (Wildman–Crippen MR) is 86.6 cm³/mol. The number of hydrogen-bond acceptors (Lipinski definition) is 2. The van der Waals surface area contributed by atoms with Gasteiger partial charge in [0.25, 0.3) is 5.91 Å². The monoisotopic (exact) mass is 344 g/mol. The fraction of sp³-hybridized carbons (Fsp3) is 0.0625. The van der Waals surface area contributed by atoms with Crippen LogP contribution in [0.25, 0.3) is 10.9 Å². The first-order valence-corrected chi connectivity index (χ1v) is 7.25. The first kappa shape index (κ1) is 13.7. The van der Waals surface area contributed by atoms with E-state index in [9.17, 15) is 4.79 Å². The number of H-pyrrole nitrogens is 1. The Kier molecular flexibility index (Phi) is 3.92. The van der Waals surface area contributed by atoms with E-state index in [1.165, 1.54) is 0 Å². The third-order valence-electron chi connectivity index (χ3n) is 3.02. The summed E-state index contributed by atoms with van der Waals surface area (Å²) in [7, 11) is 0. The van der Waals surface area contributed by atoms with Crippen molar-refractivity contribution in [3.63, 3.8) is 0 Å². The van der Waals surface area contributed by atoms with Crippen LogP contribution in [0.15, 0.2) is 59.2 Å². The van der Waals surface area contributed by atoms with Gasteiger partial charge in [0.05, 0.1) is 0 Å². The summed E-state index contributed by atoms with van der Waals surface area (Å²) in [6.07, 6.45) is 1.87. The normalized spacial score (nSPS) is 10.5. The van der Waals surface area contributed by atoms with Crippen LogP contribution in [0.2, 0.25) is 0 Å². The van der Waals surface area contributed by atoms with Gasteiger partial charge in [0.2, 0.25) is 0 Å². The number of hydrogen-bond donors (Lipinski definition) is 2. The molecular weight excluding hydrogens is 332 g/mol. The Hall–Kier alpha value is -2.27. The van der Waals surface area contributed by atoms with Crippen molar-refractivity contribution in [2.75, 3.05) is 11.9 Å².